The molecule has 1 atom stereocenters. The van der Waals surface area contributed by atoms with Crippen LogP contribution in [-0.4, -0.2) is 41.8 Å². The van der Waals surface area contributed by atoms with Gasteiger partial charge < -0.3 is 14.2 Å². The van der Waals surface area contributed by atoms with Gasteiger partial charge in [-0.2, -0.15) is 0 Å². The van der Waals surface area contributed by atoms with E-state index in [2.05, 4.69) is 5.16 Å². The molecule has 24 heavy (non-hydrogen) atoms. The average molecular weight is 326 g/mol. The lowest BCUT2D eigenvalue weighted by molar-refractivity contribution is 0.0664. The highest BCUT2D eigenvalue weighted by Gasteiger charge is 2.36. The van der Waals surface area contributed by atoms with Gasteiger partial charge in [0.05, 0.1) is 6.61 Å². The fraction of sp³-hybridized carbons (Fsp3) is 0.474. The summed E-state index contributed by atoms with van der Waals surface area (Å²) in [6.07, 6.45) is 3.19. The molecule has 1 aliphatic carbocycles. The van der Waals surface area contributed by atoms with E-state index >= 15 is 0 Å². The monoisotopic (exact) mass is 326 g/mol. The first-order valence-electron chi connectivity index (χ1n) is 8.63. The summed E-state index contributed by atoms with van der Waals surface area (Å²) in [7, 11) is 0. The minimum Gasteiger partial charge on any atom is -0.381 e. The van der Waals surface area contributed by atoms with Crippen LogP contribution in [0.1, 0.15) is 35.4 Å². The predicted molar refractivity (Wildman–Crippen MR) is 89.7 cm³/mol. The fourth-order valence-corrected chi connectivity index (χ4v) is 3.17. The third-order valence-corrected chi connectivity index (χ3v) is 4.80. The predicted octanol–water partition coefficient (Wildman–Crippen LogP) is 3.29. The molecule has 1 amide bonds. The summed E-state index contributed by atoms with van der Waals surface area (Å²) in [5.74, 6) is 0.723. The molecule has 4 rings (SSSR count). The van der Waals surface area contributed by atoms with Gasteiger partial charge in [-0.25, -0.2) is 0 Å². The Hall–Kier alpha value is -2.14. The molecule has 5 heteroatoms. The number of carbonyl (C=O) groups is 1. The minimum atomic E-state index is -0.0461. The van der Waals surface area contributed by atoms with E-state index in [0.717, 1.165) is 44.6 Å². The Labute approximate surface area is 141 Å². The Morgan fingerprint density at radius 2 is 2.04 bits per heavy atom. The number of hydrogen-bond acceptors (Lipinski definition) is 4. The van der Waals surface area contributed by atoms with Crippen LogP contribution in [0.4, 0.5) is 0 Å². The quantitative estimate of drug-likeness (QED) is 0.846. The molecule has 1 aromatic heterocycles. The van der Waals surface area contributed by atoms with Crippen LogP contribution < -0.4 is 0 Å². The van der Waals surface area contributed by atoms with Crippen molar-refractivity contribution in [1.82, 2.24) is 10.1 Å². The zero-order chi connectivity index (χ0) is 16.5. The second-order valence-corrected chi connectivity index (χ2v) is 6.86. The molecule has 2 fully saturated rings. The van der Waals surface area contributed by atoms with Crippen LogP contribution >= 0.6 is 0 Å². The normalized spacial score (nSPS) is 20.3. The Kier molecular flexibility index (Phi) is 4.10. The van der Waals surface area contributed by atoms with Crippen molar-refractivity contribution < 1.29 is 14.1 Å². The van der Waals surface area contributed by atoms with Gasteiger partial charge in [0.15, 0.2) is 0 Å². The topological polar surface area (TPSA) is 55.6 Å². The third kappa shape index (κ3) is 3.22. The van der Waals surface area contributed by atoms with Crippen molar-refractivity contribution in [2.24, 2.45) is 5.92 Å². The first-order valence-corrected chi connectivity index (χ1v) is 8.63. The van der Waals surface area contributed by atoms with Crippen LogP contribution in [0, 0.1) is 12.8 Å². The van der Waals surface area contributed by atoms with Gasteiger partial charge in [-0.3, -0.25) is 4.79 Å². The van der Waals surface area contributed by atoms with E-state index in [1.165, 1.54) is 5.56 Å². The van der Waals surface area contributed by atoms with Crippen molar-refractivity contribution >= 4 is 5.91 Å². The molecule has 0 bridgehead atoms. The van der Waals surface area contributed by atoms with E-state index in [1.807, 2.05) is 36.1 Å². The van der Waals surface area contributed by atoms with Gasteiger partial charge >= 0.3 is 0 Å². The Morgan fingerprint density at radius 3 is 2.71 bits per heavy atom. The number of carbonyl (C=O) groups excluding carboxylic acids is 1. The first kappa shape index (κ1) is 15.4. The van der Waals surface area contributed by atoms with Crippen LogP contribution in [0.5, 0.6) is 0 Å². The zero-order valence-electron chi connectivity index (χ0n) is 13.9. The van der Waals surface area contributed by atoms with Gasteiger partial charge in [0.2, 0.25) is 5.76 Å². The molecule has 0 spiro atoms. The molecule has 2 aromatic rings. The fourth-order valence-electron chi connectivity index (χ4n) is 3.17. The smallest absolute Gasteiger partial charge is 0.292 e. The Morgan fingerprint density at radius 1 is 1.25 bits per heavy atom. The number of aromatic nitrogens is 1. The summed E-state index contributed by atoms with van der Waals surface area (Å²) in [6.45, 7) is 4.35. The summed E-state index contributed by atoms with van der Waals surface area (Å²) < 4.78 is 10.8. The third-order valence-electron chi connectivity index (χ3n) is 4.80. The van der Waals surface area contributed by atoms with Crippen molar-refractivity contribution in [3.63, 3.8) is 0 Å². The van der Waals surface area contributed by atoms with Gasteiger partial charge in [-0.05, 0) is 26.2 Å². The summed E-state index contributed by atoms with van der Waals surface area (Å²) in [5.41, 5.74) is 2.86. The second-order valence-electron chi connectivity index (χ2n) is 6.86. The lowest BCUT2D eigenvalue weighted by Gasteiger charge is -2.23. The summed E-state index contributed by atoms with van der Waals surface area (Å²) in [5, 5.41) is 4.08. The molecular weight excluding hydrogens is 304 g/mol. The molecule has 1 saturated carbocycles. The van der Waals surface area contributed by atoms with Crippen molar-refractivity contribution in [2.75, 3.05) is 19.8 Å². The second kappa shape index (κ2) is 6.40. The maximum absolute atomic E-state index is 12.9. The number of aryl methyl sites for hydroxylation is 1. The average Bonchev–Trinajstić information content (AvgIpc) is 3.10. The van der Waals surface area contributed by atoms with Gasteiger partial charge in [-0.15, -0.1) is 0 Å². The van der Waals surface area contributed by atoms with Crippen LogP contribution in [0.3, 0.4) is 0 Å². The summed E-state index contributed by atoms with van der Waals surface area (Å²) >= 11 is 0. The van der Waals surface area contributed by atoms with Crippen molar-refractivity contribution in [1.29, 1.82) is 0 Å². The van der Waals surface area contributed by atoms with Gasteiger partial charge in [0, 0.05) is 36.7 Å². The number of hydrogen-bond donors (Lipinski definition) is 0. The summed E-state index contributed by atoms with van der Waals surface area (Å²) in [4.78, 5) is 14.8. The maximum atomic E-state index is 12.9. The van der Waals surface area contributed by atoms with E-state index in [1.54, 1.807) is 6.07 Å². The van der Waals surface area contributed by atoms with E-state index in [0.29, 0.717) is 23.4 Å². The maximum Gasteiger partial charge on any atom is 0.292 e. The highest BCUT2D eigenvalue weighted by molar-refractivity contribution is 5.92. The number of rotatable bonds is 5. The Balaban J connectivity index is 1.51. The van der Waals surface area contributed by atoms with Crippen LogP contribution in [-0.2, 0) is 4.74 Å². The molecular formula is C19H22N2O3. The largest absolute Gasteiger partial charge is 0.381 e. The number of benzene rings is 1. The zero-order valence-corrected chi connectivity index (χ0v) is 13.9. The molecule has 1 saturated heterocycles. The van der Waals surface area contributed by atoms with E-state index in [9.17, 15) is 4.79 Å². The summed E-state index contributed by atoms with van der Waals surface area (Å²) in [6, 6.07) is 10.2. The Bertz CT molecular complexity index is 712. The molecule has 5 nitrogen and oxygen atoms in total. The molecule has 1 unspecified atom stereocenters. The van der Waals surface area contributed by atoms with E-state index in [-0.39, 0.29) is 5.91 Å². The lowest BCUT2D eigenvalue weighted by atomic mass is 10.1. The molecule has 0 N–H and O–H groups in total. The molecule has 1 aliphatic heterocycles. The number of nitrogens with zero attached hydrogens (tertiary/aromatic N) is 2. The number of ether oxygens (including phenoxy) is 1. The molecule has 2 aliphatic rings. The standard InChI is InChI=1S/C19H22N2O3/c1-13-2-4-15(5-3-13)17-10-18(24-20-17)19(22)21(16-6-7-16)11-14-8-9-23-12-14/h2-5,10,14,16H,6-9,11-12H2,1H3. The highest BCUT2D eigenvalue weighted by Crippen LogP contribution is 2.31. The molecule has 1 aromatic carbocycles. The van der Waals surface area contributed by atoms with Crippen molar-refractivity contribution in [3.8, 4) is 11.3 Å². The van der Waals surface area contributed by atoms with E-state index < -0.39 is 0 Å². The first-order chi connectivity index (χ1) is 11.7. The SMILES string of the molecule is Cc1ccc(-c2cc(C(=O)N(CC3CCOC3)C3CC3)on2)cc1. The van der Waals surface area contributed by atoms with Crippen LogP contribution in [0.25, 0.3) is 11.3 Å². The minimum absolute atomic E-state index is 0.0461. The highest BCUT2D eigenvalue weighted by atomic mass is 16.5. The van der Waals surface area contributed by atoms with Crippen LogP contribution in [0.2, 0.25) is 0 Å². The van der Waals surface area contributed by atoms with Gasteiger partial charge in [-0.1, -0.05) is 35.0 Å². The van der Waals surface area contributed by atoms with Crippen LogP contribution in [0.15, 0.2) is 34.9 Å². The van der Waals surface area contributed by atoms with Crippen molar-refractivity contribution in [2.45, 2.75) is 32.2 Å². The molecule has 0 radical (unpaired) electrons. The lowest BCUT2D eigenvalue weighted by Crippen LogP contribution is -2.37. The molecule has 126 valence electrons. The number of amides is 1. The van der Waals surface area contributed by atoms with E-state index in [4.69, 9.17) is 9.26 Å². The van der Waals surface area contributed by atoms with Gasteiger partial charge in [0.25, 0.3) is 5.91 Å². The molecule has 2 heterocycles. The van der Waals surface area contributed by atoms with Crippen molar-refractivity contribution in [3.05, 3.63) is 41.7 Å². The van der Waals surface area contributed by atoms with Gasteiger partial charge in [0.1, 0.15) is 5.69 Å².